The molecule has 0 bridgehead atoms. The van der Waals surface area contributed by atoms with E-state index in [4.69, 9.17) is 0 Å². The highest BCUT2D eigenvalue weighted by molar-refractivity contribution is 6.01. The van der Waals surface area contributed by atoms with E-state index in [0.29, 0.717) is 25.4 Å². The first-order valence-corrected chi connectivity index (χ1v) is 7.71. The summed E-state index contributed by atoms with van der Waals surface area (Å²) in [6, 6.07) is 7.23. The van der Waals surface area contributed by atoms with Crippen LogP contribution in [-0.4, -0.2) is 29.3 Å². The van der Waals surface area contributed by atoms with E-state index in [2.05, 4.69) is 19.2 Å². The molecule has 2 amide bonds. The predicted octanol–water partition coefficient (Wildman–Crippen LogP) is 2.58. The van der Waals surface area contributed by atoms with Crippen LogP contribution in [-0.2, 0) is 11.3 Å². The fourth-order valence-electron chi connectivity index (χ4n) is 2.72. The summed E-state index contributed by atoms with van der Waals surface area (Å²) in [5.41, 5.74) is 1.74. The number of nitrogens with zero attached hydrogens (tertiary/aromatic N) is 1. The normalized spacial score (nSPS) is 15.2. The first kappa shape index (κ1) is 15.5. The van der Waals surface area contributed by atoms with Crippen molar-refractivity contribution >= 4 is 11.8 Å². The van der Waals surface area contributed by atoms with E-state index in [-0.39, 0.29) is 17.9 Å². The number of carbonyl (C=O) groups is 2. The van der Waals surface area contributed by atoms with Crippen LogP contribution in [0, 0.1) is 5.92 Å². The van der Waals surface area contributed by atoms with E-state index in [9.17, 15) is 9.59 Å². The highest BCUT2D eigenvalue weighted by atomic mass is 16.2. The molecule has 4 heteroatoms. The Labute approximate surface area is 126 Å². The quantitative estimate of drug-likeness (QED) is 0.874. The molecule has 2 rings (SSSR count). The molecule has 1 aromatic rings. The van der Waals surface area contributed by atoms with Gasteiger partial charge in [0.15, 0.2) is 0 Å². The Kier molecular flexibility index (Phi) is 4.99. The van der Waals surface area contributed by atoms with Crippen molar-refractivity contribution in [3.8, 4) is 0 Å². The number of amides is 2. The zero-order valence-electron chi connectivity index (χ0n) is 13.1. The second-order valence-electron chi connectivity index (χ2n) is 6.03. The smallest absolute Gasteiger partial charge is 0.255 e. The van der Waals surface area contributed by atoms with E-state index in [0.717, 1.165) is 17.5 Å². The SMILES string of the molecule is CCCNC(=O)C(CC(C)C)N1Cc2ccccc2C1=O. The van der Waals surface area contributed by atoms with Crippen LogP contribution in [0.2, 0.25) is 0 Å². The number of nitrogens with one attached hydrogen (secondary N) is 1. The van der Waals surface area contributed by atoms with Crippen molar-refractivity contribution < 1.29 is 9.59 Å². The van der Waals surface area contributed by atoms with Gasteiger partial charge in [0.2, 0.25) is 5.91 Å². The maximum Gasteiger partial charge on any atom is 0.255 e. The molecule has 1 atom stereocenters. The van der Waals surface area contributed by atoms with Crippen molar-refractivity contribution in [1.29, 1.82) is 0 Å². The average molecular weight is 288 g/mol. The van der Waals surface area contributed by atoms with Crippen LogP contribution in [0.3, 0.4) is 0 Å². The largest absolute Gasteiger partial charge is 0.354 e. The van der Waals surface area contributed by atoms with Crippen LogP contribution in [0.5, 0.6) is 0 Å². The highest BCUT2D eigenvalue weighted by Crippen LogP contribution is 2.26. The first-order chi connectivity index (χ1) is 10.0. The molecule has 1 N–H and O–H groups in total. The lowest BCUT2D eigenvalue weighted by atomic mass is 10.0. The van der Waals surface area contributed by atoms with Gasteiger partial charge in [-0.1, -0.05) is 39.0 Å². The summed E-state index contributed by atoms with van der Waals surface area (Å²) in [5, 5.41) is 2.93. The Morgan fingerprint density at radius 3 is 2.67 bits per heavy atom. The summed E-state index contributed by atoms with van der Waals surface area (Å²) in [6.45, 7) is 7.37. The van der Waals surface area contributed by atoms with Crippen LogP contribution < -0.4 is 5.32 Å². The topological polar surface area (TPSA) is 49.4 Å². The third-order valence-corrected chi connectivity index (χ3v) is 3.77. The van der Waals surface area contributed by atoms with Crippen LogP contribution in [0.1, 0.15) is 49.5 Å². The van der Waals surface area contributed by atoms with Crippen molar-refractivity contribution in [2.45, 2.75) is 46.2 Å². The second-order valence-corrected chi connectivity index (χ2v) is 6.03. The van der Waals surface area contributed by atoms with Crippen LogP contribution in [0.15, 0.2) is 24.3 Å². The molecule has 0 saturated carbocycles. The molecule has 0 radical (unpaired) electrons. The lowest BCUT2D eigenvalue weighted by Crippen LogP contribution is -2.47. The van der Waals surface area contributed by atoms with Gasteiger partial charge in [-0.15, -0.1) is 0 Å². The number of carbonyl (C=O) groups excluding carboxylic acids is 2. The lowest BCUT2D eigenvalue weighted by molar-refractivity contribution is -0.126. The standard InChI is InChI=1S/C17H24N2O2/c1-4-9-18-16(20)15(10-12(2)3)19-11-13-7-5-6-8-14(13)17(19)21/h5-8,12,15H,4,9-11H2,1-3H3,(H,18,20). The van der Waals surface area contributed by atoms with Crippen molar-refractivity contribution in [2.24, 2.45) is 5.92 Å². The number of hydrogen-bond acceptors (Lipinski definition) is 2. The molecule has 1 aliphatic rings. The Hall–Kier alpha value is -1.84. The molecule has 0 aliphatic carbocycles. The van der Waals surface area contributed by atoms with Crippen LogP contribution in [0.25, 0.3) is 0 Å². The van der Waals surface area contributed by atoms with Gasteiger partial charge in [-0.05, 0) is 30.4 Å². The molecular weight excluding hydrogens is 264 g/mol. The highest BCUT2D eigenvalue weighted by Gasteiger charge is 2.36. The third-order valence-electron chi connectivity index (χ3n) is 3.77. The molecule has 0 aromatic heterocycles. The summed E-state index contributed by atoms with van der Waals surface area (Å²) >= 11 is 0. The van der Waals surface area contributed by atoms with Crippen molar-refractivity contribution in [2.75, 3.05) is 6.54 Å². The van der Waals surface area contributed by atoms with Gasteiger partial charge in [-0.3, -0.25) is 9.59 Å². The molecule has 4 nitrogen and oxygen atoms in total. The molecule has 1 aromatic carbocycles. The van der Waals surface area contributed by atoms with Gasteiger partial charge in [-0.2, -0.15) is 0 Å². The van der Waals surface area contributed by atoms with Gasteiger partial charge in [0.25, 0.3) is 5.91 Å². The van der Waals surface area contributed by atoms with E-state index >= 15 is 0 Å². The summed E-state index contributed by atoms with van der Waals surface area (Å²) < 4.78 is 0. The Morgan fingerprint density at radius 1 is 1.33 bits per heavy atom. The number of hydrogen-bond donors (Lipinski definition) is 1. The van der Waals surface area contributed by atoms with E-state index in [1.165, 1.54) is 0 Å². The zero-order valence-corrected chi connectivity index (χ0v) is 13.1. The van der Waals surface area contributed by atoms with Gasteiger partial charge in [-0.25, -0.2) is 0 Å². The second kappa shape index (κ2) is 6.74. The monoisotopic (exact) mass is 288 g/mol. The molecule has 1 aliphatic heterocycles. The molecule has 0 fully saturated rings. The number of rotatable bonds is 6. The van der Waals surface area contributed by atoms with E-state index < -0.39 is 0 Å². The van der Waals surface area contributed by atoms with Gasteiger partial charge in [0, 0.05) is 18.7 Å². The van der Waals surface area contributed by atoms with Crippen LogP contribution in [0.4, 0.5) is 0 Å². The number of fused-ring (bicyclic) bond motifs is 1. The Morgan fingerprint density at radius 2 is 2.05 bits per heavy atom. The summed E-state index contributed by atoms with van der Waals surface area (Å²) in [5.74, 6) is 0.300. The summed E-state index contributed by atoms with van der Waals surface area (Å²) in [6.07, 6.45) is 1.59. The maximum atomic E-state index is 12.5. The number of benzene rings is 1. The Bertz CT molecular complexity index is 525. The minimum atomic E-state index is -0.378. The predicted molar refractivity (Wildman–Crippen MR) is 82.9 cm³/mol. The van der Waals surface area contributed by atoms with Gasteiger partial charge < -0.3 is 10.2 Å². The minimum Gasteiger partial charge on any atom is -0.354 e. The van der Waals surface area contributed by atoms with Crippen molar-refractivity contribution in [3.05, 3.63) is 35.4 Å². The molecule has 21 heavy (non-hydrogen) atoms. The average Bonchev–Trinajstić information content (AvgIpc) is 2.79. The van der Waals surface area contributed by atoms with Crippen LogP contribution >= 0.6 is 0 Å². The molecule has 114 valence electrons. The fraction of sp³-hybridized carbons (Fsp3) is 0.529. The molecule has 1 unspecified atom stereocenters. The van der Waals surface area contributed by atoms with E-state index in [1.54, 1.807) is 4.90 Å². The molecular formula is C17H24N2O2. The van der Waals surface area contributed by atoms with Crippen molar-refractivity contribution in [1.82, 2.24) is 10.2 Å². The van der Waals surface area contributed by atoms with Gasteiger partial charge in [0.05, 0.1) is 0 Å². The zero-order chi connectivity index (χ0) is 15.4. The lowest BCUT2D eigenvalue weighted by Gasteiger charge is -2.28. The minimum absolute atomic E-state index is 0.0251. The van der Waals surface area contributed by atoms with Gasteiger partial charge >= 0.3 is 0 Å². The summed E-state index contributed by atoms with van der Waals surface area (Å²) in [4.78, 5) is 26.7. The summed E-state index contributed by atoms with van der Waals surface area (Å²) in [7, 11) is 0. The van der Waals surface area contributed by atoms with E-state index in [1.807, 2.05) is 31.2 Å². The Balaban J connectivity index is 2.19. The molecule has 0 saturated heterocycles. The molecule has 0 spiro atoms. The van der Waals surface area contributed by atoms with Crippen molar-refractivity contribution in [3.63, 3.8) is 0 Å². The fourth-order valence-corrected chi connectivity index (χ4v) is 2.72. The first-order valence-electron chi connectivity index (χ1n) is 7.71. The molecule has 1 heterocycles. The third kappa shape index (κ3) is 3.43. The maximum absolute atomic E-state index is 12.5. The van der Waals surface area contributed by atoms with Gasteiger partial charge in [0.1, 0.15) is 6.04 Å².